The minimum absolute atomic E-state index is 0.117. The van der Waals surface area contributed by atoms with E-state index in [1.807, 2.05) is 0 Å². The number of nitrogen functional groups attached to an aromatic ring is 1. The van der Waals surface area contributed by atoms with Gasteiger partial charge in [0.2, 0.25) is 0 Å². The third kappa shape index (κ3) is 3.57. The molecular formula is C16H24ClFN2. The first kappa shape index (κ1) is 15.4. The van der Waals surface area contributed by atoms with Crippen molar-refractivity contribution in [2.24, 2.45) is 11.3 Å². The molecule has 0 atom stereocenters. The van der Waals surface area contributed by atoms with Gasteiger partial charge in [-0.25, -0.2) is 4.39 Å². The lowest BCUT2D eigenvalue weighted by Gasteiger charge is -2.32. The van der Waals surface area contributed by atoms with Crippen molar-refractivity contribution in [3.8, 4) is 0 Å². The predicted octanol–water partition coefficient (Wildman–Crippen LogP) is 5.08. The lowest BCUT2D eigenvalue weighted by molar-refractivity contribution is 0.252. The maximum atomic E-state index is 13.3. The monoisotopic (exact) mass is 298 g/mol. The van der Waals surface area contributed by atoms with Gasteiger partial charge in [-0.15, -0.1) is 0 Å². The Balaban J connectivity index is 2.08. The second-order valence-corrected chi connectivity index (χ2v) is 6.92. The molecule has 0 unspecified atom stereocenters. The maximum absolute atomic E-state index is 13.3. The van der Waals surface area contributed by atoms with E-state index in [0.717, 1.165) is 12.2 Å². The number of nitrogens with two attached hydrogens (primary N) is 1. The van der Waals surface area contributed by atoms with Gasteiger partial charge in [-0.2, -0.15) is 0 Å². The lowest BCUT2D eigenvalue weighted by atomic mass is 9.78. The molecule has 0 aliphatic heterocycles. The van der Waals surface area contributed by atoms with Crippen LogP contribution >= 0.6 is 11.6 Å². The largest absolute Gasteiger partial charge is 0.397 e. The molecule has 1 aromatic carbocycles. The zero-order chi connectivity index (χ0) is 14.8. The molecule has 0 heterocycles. The molecule has 0 spiro atoms. The molecule has 4 heteroatoms. The van der Waals surface area contributed by atoms with Crippen LogP contribution in [0.15, 0.2) is 12.1 Å². The predicted molar refractivity (Wildman–Crippen MR) is 84.7 cm³/mol. The highest BCUT2D eigenvalue weighted by atomic mass is 35.5. The van der Waals surface area contributed by atoms with Gasteiger partial charge in [0.15, 0.2) is 0 Å². The lowest BCUT2D eigenvalue weighted by Crippen LogP contribution is -2.28. The second kappa shape index (κ2) is 6.21. The second-order valence-electron chi connectivity index (χ2n) is 6.51. The molecule has 112 valence electrons. The van der Waals surface area contributed by atoms with Gasteiger partial charge in [0.25, 0.3) is 0 Å². The Kier molecular flexibility index (Phi) is 4.79. The minimum Gasteiger partial charge on any atom is -0.397 e. The van der Waals surface area contributed by atoms with Gasteiger partial charge in [-0.3, -0.25) is 0 Å². The van der Waals surface area contributed by atoms with Gasteiger partial charge < -0.3 is 11.1 Å². The molecule has 0 bridgehead atoms. The molecule has 1 fully saturated rings. The topological polar surface area (TPSA) is 38.0 Å². The average molecular weight is 299 g/mol. The summed E-state index contributed by atoms with van der Waals surface area (Å²) in [7, 11) is 0. The van der Waals surface area contributed by atoms with Gasteiger partial charge in [0, 0.05) is 12.6 Å². The van der Waals surface area contributed by atoms with Crippen LogP contribution in [0.4, 0.5) is 15.8 Å². The molecule has 20 heavy (non-hydrogen) atoms. The van der Waals surface area contributed by atoms with E-state index in [1.54, 1.807) is 6.07 Å². The van der Waals surface area contributed by atoms with Crippen molar-refractivity contribution in [2.75, 3.05) is 17.6 Å². The van der Waals surface area contributed by atoms with Crippen molar-refractivity contribution in [1.82, 2.24) is 0 Å². The Morgan fingerprint density at radius 1 is 1.35 bits per heavy atom. The Morgan fingerprint density at radius 3 is 2.60 bits per heavy atom. The summed E-state index contributed by atoms with van der Waals surface area (Å²) in [5.41, 5.74) is 7.37. The fourth-order valence-electron chi connectivity index (χ4n) is 3.44. The normalized spacial score (nSPS) is 17.6. The van der Waals surface area contributed by atoms with Gasteiger partial charge >= 0.3 is 0 Å². The van der Waals surface area contributed by atoms with Crippen molar-refractivity contribution in [3.05, 3.63) is 23.0 Å². The van der Waals surface area contributed by atoms with Crippen LogP contribution in [0.1, 0.15) is 46.0 Å². The number of anilines is 2. The van der Waals surface area contributed by atoms with Crippen molar-refractivity contribution in [3.63, 3.8) is 0 Å². The molecule has 0 saturated heterocycles. The minimum atomic E-state index is -0.465. The molecule has 1 aliphatic carbocycles. The van der Waals surface area contributed by atoms with Crippen LogP contribution in [-0.2, 0) is 0 Å². The first-order chi connectivity index (χ1) is 9.42. The molecule has 1 saturated carbocycles. The number of hydrogen-bond acceptors (Lipinski definition) is 2. The van der Waals surface area contributed by atoms with Crippen LogP contribution in [-0.4, -0.2) is 6.54 Å². The number of benzene rings is 1. The smallest absolute Gasteiger partial charge is 0.143 e. The van der Waals surface area contributed by atoms with Crippen molar-refractivity contribution < 1.29 is 4.39 Å². The molecule has 2 rings (SSSR count). The molecule has 0 amide bonds. The zero-order valence-electron chi connectivity index (χ0n) is 12.3. The van der Waals surface area contributed by atoms with E-state index in [9.17, 15) is 4.39 Å². The van der Waals surface area contributed by atoms with Gasteiger partial charge in [0.1, 0.15) is 5.82 Å². The van der Waals surface area contributed by atoms with Crippen LogP contribution in [0.2, 0.25) is 5.02 Å². The Hall–Kier alpha value is -0.960. The molecule has 0 radical (unpaired) electrons. The summed E-state index contributed by atoms with van der Waals surface area (Å²) in [6.07, 6.45) is 6.33. The summed E-state index contributed by atoms with van der Waals surface area (Å²) in [6, 6.07) is 2.87. The van der Waals surface area contributed by atoms with E-state index in [0.29, 0.717) is 17.0 Å². The van der Waals surface area contributed by atoms with Crippen LogP contribution in [0, 0.1) is 17.2 Å². The third-order valence-corrected chi connectivity index (χ3v) is 4.54. The summed E-state index contributed by atoms with van der Waals surface area (Å²) in [6.45, 7) is 5.42. The van der Waals surface area contributed by atoms with Crippen molar-refractivity contribution >= 4 is 23.0 Å². The van der Waals surface area contributed by atoms with Crippen LogP contribution < -0.4 is 11.1 Å². The van der Waals surface area contributed by atoms with E-state index >= 15 is 0 Å². The Labute approximate surface area is 125 Å². The van der Waals surface area contributed by atoms with Crippen LogP contribution in [0.5, 0.6) is 0 Å². The van der Waals surface area contributed by atoms with Gasteiger partial charge in [-0.1, -0.05) is 38.3 Å². The van der Waals surface area contributed by atoms with E-state index in [2.05, 4.69) is 19.2 Å². The molecule has 3 N–H and O–H groups in total. The number of hydrogen-bond donors (Lipinski definition) is 2. The summed E-state index contributed by atoms with van der Waals surface area (Å²) >= 11 is 5.83. The van der Waals surface area contributed by atoms with E-state index in [1.165, 1.54) is 38.2 Å². The molecule has 1 aromatic rings. The van der Waals surface area contributed by atoms with Crippen LogP contribution in [0.25, 0.3) is 0 Å². The van der Waals surface area contributed by atoms with E-state index in [4.69, 9.17) is 17.3 Å². The fourth-order valence-corrected chi connectivity index (χ4v) is 3.61. The quantitative estimate of drug-likeness (QED) is 0.744. The van der Waals surface area contributed by atoms with E-state index < -0.39 is 5.82 Å². The SMILES string of the molecule is CC(C)CC1(CNc2cc(Cl)c(F)cc2N)CCCC1. The van der Waals surface area contributed by atoms with Gasteiger partial charge in [-0.05, 0) is 36.7 Å². The Bertz CT molecular complexity index is 468. The first-order valence-electron chi connectivity index (χ1n) is 7.40. The standard InChI is InChI=1S/C16H24ClFN2/c1-11(2)9-16(5-3-4-6-16)10-20-15-7-12(17)13(18)8-14(15)19/h7-8,11,20H,3-6,9-10,19H2,1-2H3. The maximum Gasteiger partial charge on any atom is 0.143 e. The summed E-state index contributed by atoms with van der Waals surface area (Å²) < 4.78 is 13.3. The molecular weight excluding hydrogens is 275 g/mol. The van der Waals surface area contributed by atoms with Crippen molar-refractivity contribution in [2.45, 2.75) is 46.0 Å². The Morgan fingerprint density at radius 2 is 2.00 bits per heavy atom. The highest BCUT2D eigenvalue weighted by Crippen LogP contribution is 2.43. The summed E-state index contributed by atoms with van der Waals surface area (Å²) in [5.74, 6) is 0.219. The fraction of sp³-hybridized carbons (Fsp3) is 0.625. The first-order valence-corrected chi connectivity index (χ1v) is 7.78. The number of rotatable bonds is 5. The molecule has 0 aromatic heterocycles. The summed E-state index contributed by atoms with van der Waals surface area (Å²) in [4.78, 5) is 0. The summed E-state index contributed by atoms with van der Waals surface area (Å²) in [5, 5.41) is 3.51. The van der Waals surface area contributed by atoms with Crippen molar-refractivity contribution in [1.29, 1.82) is 0 Å². The van der Waals surface area contributed by atoms with E-state index in [-0.39, 0.29) is 5.02 Å². The molecule has 1 aliphatic rings. The molecule has 2 nitrogen and oxygen atoms in total. The zero-order valence-corrected chi connectivity index (χ0v) is 13.1. The number of halogens is 2. The number of nitrogens with one attached hydrogen (secondary N) is 1. The van der Waals surface area contributed by atoms with Crippen LogP contribution in [0.3, 0.4) is 0 Å². The highest BCUT2D eigenvalue weighted by molar-refractivity contribution is 6.31. The average Bonchev–Trinajstić information content (AvgIpc) is 2.80. The third-order valence-electron chi connectivity index (χ3n) is 4.25. The highest BCUT2D eigenvalue weighted by Gasteiger charge is 2.34. The van der Waals surface area contributed by atoms with Gasteiger partial charge in [0.05, 0.1) is 16.4 Å².